The first-order valence-electron chi connectivity index (χ1n) is 7.12. The van der Waals surface area contributed by atoms with Crippen LogP contribution in [0.25, 0.3) is 0 Å². The van der Waals surface area contributed by atoms with E-state index in [2.05, 4.69) is 5.32 Å². The summed E-state index contributed by atoms with van der Waals surface area (Å²) in [4.78, 5) is 12.1. The predicted octanol–water partition coefficient (Wildman–Crippen LogP) is 3.39. The topological polar surface area (TPSA) is 38.3 Å². The number of carbonyl (C=O) groups excluding carboxylic acids is 1. The Hall–Kier alpha value is -2.29. The molecule has 0 fully saturated rings. The van der Waals surface area contributed by atoms with Gasteiger partial charge in [-0.3, -0.25) is 4.79 Å². The summed E-state index contributed by atoms with van der Waals surface area (Å²) in [6, 6.07) is 15.8. The molecule has 0 heterocycles. The third-order valence-corrected chi connectivity index (χ3v) is 3.35. The van der Waals surface area contributed by atoms with Crippen molar-refractivity contribution in [2.45, 2.75) is 33.4 Å². The van der Waals surface area contributed by atoms with E-state index in [-0.39, 0.29) is 5.91 Å². The number of aryl methyl sites for hydroxylation is 2. The van der Waals surface area contributed by atoms with Crippen molar-refractivity contribution in [3.8, 4) is 5.75 Å². The van der Waals surface area contributed by atoms with Gasteiger partial charge in [-0.05, 0) is 38.0 Å². The molecule has 0 spiro atoms. The van der Waals surface area contributed by atoms with Crippen molar-refractivity contribution in [3.05, 3.63) is 65.2 Å². The molecule has 0 unspecified atom stereocenters. The quantitative estimate of drug-likeness (QED) is 0.913. The molecule has 110 valence electrons. The van der Waals surface area contributed by atoms with Gasteiger partial charge in [-0.25, -0.2) is 0 Å². The lowest BCUT2D eigenvalue weighted by atomic mass is 10.1. The van der Waals surface area contributed by atoms with Crippen LogP contribution in [-0.2, 0) is 11.3 Å². The molecule has 0 saturated heterocycles. The van der Waals surface area contributed by atoms with Crippen LogP contribution in [0.1, 0.15) is 23.6 Å². The van der Waals surface area contributed by atoms with Crippen LogP contribution in [0.4, 0.5) is 0 Å². The van der Waals surface area contributed by atoms with Gasteiger partial charge in [0.25, 0.3) is 5.91 Å². The maximum atomic E-state index is 12.1. The second-order valence-corrected chi connectivity index (χ2v) is 5.23. The van der Waals surface area contributed by atoms with Gasteiger partial charge in [0.1, 0.15) is 5.75 Å². The molecule has 3 heteroatoms. The Kier molecular flexibility index (Phi) is 4.99. The standard InChI is InChI=1S/C18H21NO2/c1-13-8-10-16(11-9-13)12-19-18(20)15(3)21-17-7-5-4-6-14(17)2/h4-11,15H,12H2,1-3H3,(H,19,20)/t15-/m0/s1. The molecule has 2 rings (SSSR count). The Morgan fingerprint density at radius 3 is 2.43 bits per heavy atom. The van der Waals surface area contributed by atoms with Crippen molar-refractivity contribution in [1.82, 2.24) is 5.32 Å². The SMILES string of the molecule is Cc1ccc(CNC(=O)[C@H](C)Oc2ccccc2C)cc1. The van der Waals surface area contributed by atoms with E-state index >= 15 is 0 Å². The third-order valence-electron chi connectivity index (χ3n) is 3.35. The molecule has 0 saturated carbocycles. The Morgan fingerprint density at radius 1 is 1.10 bits per heavy atom. The van der Waals surface area contributed by atoms with Crippen LogP contribution in [0.3, 0.4) is 0 Å². The Bertz CT molecular complexity index is 605. The minimum Gasteiger partial charge on any atom is -0.481 e. The first-order valence-corrected chi connectivity index (χ1v) is 7.12. The van der Waals surface area contributed by atoms with Crippen LogP contribution in [0.2, 0.25) is 0 Å². The molecule has 0 aliphatic heterocycles. The normalized spacial score (nSPS) is 11.8. The van der Waals surface area contributed by atoms with Gasteiger partial charge in [0.05, 0.1) is 0 Å². The van der Waals surface area contributed by atoms with Crippen molar-refractivity contribution < 1.29 is 9.53 Å². The zero-order valence-electron chi connectivity index (χ0n) is 12.7. The predicted molar refractivity (Wildman–Crippen MR) is 84.3 cm³/mol. The van der Waals surface area contributed by atoms with Gasteiger partial charge in [-0.2, -0.15) is 0 Å². The number of para-hydroxylation sites is 1. The third kappa shape index (κ3) is 4.35. The molecule has 1 N–H and O–H groups in total. The maximum absolute atomic E-state index is 12.1. The van der Waals surface area contributed by atoms with Crippen molar-refractivity contribution in [3.63, 3.8) is 0 Å². The largest absolute Gasteiger partial charge is 0.481 e. The highest BCUT2D eigenvalue weighted by atomic mass is 16.5. The lowest BCUT2D eigenvalue weighted by Gasteiger charge is -2.16. The summed E-state index contributed by atoms with van der Waals surface area (Å²) in [5, 5.41) is 2.89. The summed E-state index contributed by atoms with van der Waals surface area (Å²) in [7, 11) is 0. The van der Waals surface area contributed by atoms with Gasteiger partial charge in [-0.1, -0.05) is 48.0 Å². The number of hydrogen-bond acceptors (Lipinski definition) is 2. The summed E-state index contributed by atoms with van der Waals surface area (Å²) in [5.74, 6) is 0.634. The molecule has 1 amide bonds. The highest BCUT2D eigenvalue weighted by Crippen LogP contribution is 2.17. The zero-order valence-corrected chi connectivity index (χ0v) is 12.7. The van der Waals surface area contributed by atoms with Crippen molar-refractivity contribution in [1.29, 1.82) is 0 Å². The molecule has 0 aliphatic carbocycles. The van der Waals surface area contributed by atoms with E-state index in [1.54, 1.807) is 6.92 Å². The number of hydrogen-bond donors (Lipinski definition) is 1. The van der Waals surface area contributed by atoms with E-state index in [4.69, 9.17) is 4.74 Å². The van der Waals surface area contributed by atoms with Gasteiger partial charge in [0.2, 0.25) is 0 Å². The fourth-order valence-electron chi connectivity index (χ4n) is 1.97. The molecule has 2 aromatic carbocycles. The Morgan fingerprint density at radius 2 is 1.76 bits per heavy atom. The molecule has 0 bridgehead atoms. The van der Waals surface area contributed by atoms with E-state index in [1.165, 1.54) is 5.56 Å². The average molecular weight is 283 g/mol. The van der Waals surface area contributed by atoms with Gasteiger partial charge in [-0.15, -0.1) is 0 Å². The second-order valence-electron chi connectivity index (χ2n) is 5.23. The highest BCUT2D eigenvalue weighted by molar-refractivity contribution is 5.80. The average Bonchev–Trinajstić information content (AvgIpc) is 2.48. The minimum atomic E-state index is -0.517. The molecule has 0 aromatic heterocycles. The molecule has 21 heavy (non-hydrogen) atoms. The minimum absolute atomic E-state index is 0.112. The number of amides is 1. The Balaban J connectivity index is 1.88. The fourth-order valence-corrected chi connectivity index (χ4v) is 1.97. The molecule has 0 aliphatic rings. The van der Waals surface area contributed by atoms with Crippen molar-refractivity contribution >= 4 is 5.91 Å². The van der Waals surface area contributed by atoms with Crippen LogP contribution >= 0.6 is 0 Å². The van der Waals surface area contributed by atoms with Crippen molar-refractivity contribution in [2.75, 3.05) is 0 Å². The van der Waals surface area contributed by atoms with E-state index in [9.17, 15) is 4.79 Å². The number of nitrogens with one attached hydrogen (secondary N) is 1. The van der Waals surface area contributed by atoms with Gasteiger partial charge >= 0.3 is 0 Å². The summed E-state index contributed by atoms with van der Waals surface area (Å²) in [5.41, 5.74) is 3.31. The molecular formula is C18H21NO2. The summed E-state index contributed by atoms with van der Waals surface area (Å²) < 4.78 is 5.70. The summed E-state index contributed by atoms with van der Waals surface area (Å²) in [6.45, 7) is 6.28. The van der Waals surface area contributed by atoms with Crippen LogP contribution < -0.4 is 10.1 Å². The van der Waals surface area contributed by atoms with Crippen LogP contribution in [0, 0.1) is 13.8 Å². The van der Waals surface area contributed by atoms with Gasteiger partial charge < -0.3 is 10.1 Å². The number of rotatable bonds is 5. The molecule has 3 nitrogen and oxygen atoms in total. The van der Waals surface area contributed by atoms with Crippen LogP contribution in [0.5, 0.6) is 5.75 Å². The summed E-state index contributed by atoms with van der Waals surface area (Å²) >= 11 is 0. The molecular weight excluding hydrogens is 262 g/mol. The van der Waals surface area contributed by atoms with Gasteiger partial charge in [0.15, 0.2) is 6.10 Å². The Labute approximate surface area is 126 Å². The number of carbonyl (C=O) groups is 1. The first kappa shape index (κ1) is 15.1. The van der Waals surface area contributed by atoms with E-state index in [0.717, 1.165) is 16.9 Å². The lowest BCUT2D eigenvalue weighted by molar-refractivity contribution is -0.127. The van der Waals surface area contributed by atoms with Crippen LogP contribution in [0.15, 0.2) is 48.5 Å². The first-order chi connectivity index (χ1) is 10.1. The lowest BCUT2D eigenvalue weighted by Crippen LogP contribution is -2.36. The fraction of sp³-hybridized carbons (Fsp3) is 0.278. The van der Waals surface area contributed by atoms with E-state index in [0.29, 0.717) is 6.54 Å². The van der Waals surface area contributed by atoms with Crippen molar-refractivity contribution in [2.24, 2.45) is 0 Å². The molecule has 0 radical (unpaired) electrons. The molecule has 1 atom stereocenters. The van der Waals surface area contributed by atoms with Gasteiger partial charge in [0, 0.05) is 6.54 Å². The zero-order chi connectivity index (χ0) is 15.2. The monoisotopic (exact) mass is 283 g/mol. The van der Waals surface area contributed by atoms with E-state index < -0.39 is 6.10 Å². The number of ether oxygens (including phenoxy) is 1. The highest BCUT2D eigenvalue weighted by Gasteiger charge is 2.14. The maximum Gasteiger partial charge on any atom is 0.261 e. The summed E-state index contributed by atoms with van der Waals surface area (Å²) in [6.07, 6.45) is -0.517. The smallest absolute Gasteiger partial charge is 0.261 e. The molecule has 2 aromatic rings. The second kappa shape index (κ2) is 6.93. The van der Waals surface area contributed by atoms with E-state index in [1.807, 2.05) is 62.4 Å². The van der Waals surface area contributed by atoms with Crippen LogP contribution in [-0.4, -0.2) is 12.0 Å². The number of benzene rings is 2.